The summed E-state index contributed by atoms with van der Waals surface area (Å²) in [7, 11) is -7.99. The maximum atomic E-state index is 16.1. The van der Waals surface area contributed by atoms with Crippen molar-refractivity contribution in [3.63, 3.8) is 0 Å². The molecule has 0 spiro atoms. The molecular formula is C98H96B2Br3ClF4N5NaO19S5. The Hall–Kier alpha value is -9.29. The molecule has 4 bridgehead atoms. The van der Waals surface area contributed by atoms with E-state index in [1.807, 2.05) is 140 Å². The second kappa shape index (κ2) is 52.5. The Bertz CT molecular complexity index is 6120. The van der Waals surface area contributed by atoms with Gasteiger partial charge in [0.15, 0.2) is 12.1 Å². The summed E-state index contributed by atoms with van der Waals surface area (Å²) in [6.45, 7) is 3.50. The fourth-order valence-electron chi connectivity index (χ4n) is 15.3. The number of carbonyl (C=O) groups is 2. The van der Waals surface area contributed by atoms with E-state index in [-0.39, 0.29) is 103 Å². The van der Waals surface area contributed by atoms with Gasteiger partial charge in [-0.3, -0.25) is 14.1 Å². The summed E-state index contributed by atoms with van der Waals surface area (Å²) in [5.41, 5.74) is 10.5. The first kappa shape index (κ1) is 112. The summed E-state index contributed by atoms with van der Waals surface area (Å²) in [4.78, 5) is 29.6. The van der Waals surface area contributed by atoms with Gasteiger partial charge >= 0.3 is 29.6 Å². The average molecular weight is 2200 g/mol. The standard InChI is InChI=1S/C30H31BrF2N2O4S.C29H30BrF2N3O4S.C13H11ClO3S.C13H12O4S.C7H7Br.C6H6O4S.B2.Na/c1-20-17-24-11-12-25(18-20)35(24)29(36)28(30(32,33)22-7-9-23(31)10-8-22)34-40(37,38)27-15-13-26(14-16-27)39-19-21-5-3-2-4-6-21;30-21-8-6-20(7-9-21)29(31,32)27(28(36)35-23-10-11-24(35)17-22(33)16-23)34-40(37,38)26-14-12-25(13-15-26)39-18-19-4-2-1-3-5-19;2*14-18(15,16)13-8-6-12(7-9-13)17-10-11-4-2-1-3-5-11;8-6-7-4-2-1-3-5-7;7-5-1-3-6(4-2-5)11(8,9)10;1-2;/h2-10,13-16,20,24-25,28,34H,11-12,17-19H2,1H3;1-9,12-15,22-24,27,34H,10-11,16-18,33H2;1-9H,10H2;1-9H,10H2,(H,14,15,16);1-5H,6H2;1-4,7H,(H,8,9,10);;/q;;;;;;;+1/p-1. The van der Waals surface area contributed by atoms with E-state index in [2.05, 4.69) is 91.8 Å². The number of alkyl halides is 5. The minimum atomic E-state index is -4.52. The van der Waals surface area contributed by atoms with Crippen LogP contribution in [-0.2, 0) is 103 Å². The van der Waals surface area contributed by atoms with Gasteiger partial charge in [0.2, 0.25) is 31.9 Å². The van der Waals surface area contributed by atoms with E-state index in [4.69, 9.17) is 45.0 Å². The maximum Gasteiger partial charge on any atom is 1.00 e. The molecule has 4 fully saturated rings. The molecule has 4 radical (unpaired) electrons. The summed E-state index contributed by atoms with van der Waals surface area (Å²) in [6.07, 6.45) is 5.19. The number of amides is 2. The van der Waals surface area contributed by atoms with Gasteiger partial charge in [0.25, 0.3) is 31.0 Å². The third-order valence-corrected chi connectivity index (χ3v) is 29.8. The number of benzene rings is 12. The molecule has 12 aromatic carbocycles. The molecule has 0 saturated carbocycles. The Kier molecular flexibility index (Phi) is 42.7. The number of phenols is 1. The van der Waals surface area contributed by atoms with Crippen LogP contribution in [0.4, 0.5) is 17.6 Å². The van der Waals surface area contributed by atoms with Crippen molar-refractivity contribution in [2.45, 2.75) is 169 Å². The van der Waals surface area contributed by atoms with Crippen LogP contribution >= 0.6 is 58.5 Å². The first-order valence-electron chi connectivity index (χ1n) is 42.5. The molecule has 4 aliphatic rings. The molecule has 24 nitrogen and oxygen atoms in total. The van der Waals surface area contributed by atoms with Crippen molar-refractivity contribution < 1.29 is 132 Å². The number of nitrogens with zero attached hydrogens (tertiary/aromatic N) is 2. The number of nitrogens with two attached hydrogens (primary N) is 1. The molecule has 4 aliphatic heterocycles. The van der Waals surface area contributed by atoms with Gasteiger partial charge < -0.3 is 44.1 Å². The monoisotopic (exact) mass is 2200 g/mol. The van der Waals surface area contributed by atoms with Crippen LogP contribution in [0, 0.1) is 5.92 Å². The quantitative estimate of drug-likeness (QED) is 0.00999. The van der Waals surface area contributed by atoms with Gasteiger partial charge in [0.1, 0.15) is 65.3 Å². The number of piperidine rings is 2. The molecule has 40 heteroatoms. The van der Waals surface area contributed by atoms with E-state index >= 15 is 17.6 Å². The summed E-state index contributed by atoms with van der Waals surface area (Å²) >= 11 is 9.82. The molecule has 2 amide bonds. The fraction of sp³-hybridized carbons (Fsp3) is 0.245. The predicted molar refractivity (Wildman–Crippen MR) is 526 cm³/mol. The molecule has 16 rings (SSSR count). The van der Waals surface area contributed by atoms with Crippen LogP contribution in [0.2, 0.25) is 0 Å². The van der Waals surface area contributed by atoms with Gasteiger partial charge in [0, 0.05) is 81.8 Å². The number of aromatic hydroxyl groups is 1. The van der Waals surface area contributed by atoms with Crippen LogP contribution in [0.15, 0.2) is 355 Å². The third kappa shape index (κ3) is 33.4. The summed E-state index contributed by atoms with van der Waals surface area (Å²) in [5.74, 6) is -7.17. The van der Waals surface area contributed by atoms with Crippen molar-refractivity contribution in [3.05, 3.63) is 369 Å². The van der Waals surface area contributed by atoms with Crippen LogP contribution < -0.4 is 63.7 Å². The summed E-state index contributed by atoms with van der Waals surface area (Å²) in [6, 6.07) is 80.2. The normalized spacial score (nSPS) is 17.0. The van der Waals surface area contributed by atoms with Crippen LogP contribution in [0.25, 0.3) is 0 Å². The van der Waals surface area contributed by atoms with Crippen LogP contribution in [0.3, 0.4) is 0 Å². The maximum absolute atomic E-state index is 16.1. The average Bonchev–Trinajstić information content (AvgIpc) is 1.72. The van der Waals surface area contributed by atoms with Gasteiger partial charge in [-0.25, -0.2) is 33.7 Å². The number of halogens is 8. The number of hydrogen-bond donors (Lipinski definition) is 5. The van der Waals surface area contributed by atoms with Gasteiger partial charge in [0.05, 0.1) is 24.5 Å². The van der Waals surface area contributed by atoms with Crippen molar-refractivity contribution in [2.24, 2.45) is 11.7 Å². The van der Waals surface area contributed by atoms with Gasteiger partial charge in [-0.1, -0.05) is 231 Å². The number of fused-ring (bicyclic) bond motifs is 4. The SMILES string of the molecule is BrCc1ccccc1.CC1CC2CCC(C1)N2C(=O)C(NS(=O)(=O)c1ccc(OCc2ccccc2)cc1)C(F)(F)c1ccc(Br)cc1.NC1CC2CCC(C1)N2C(=O)C(NS(=O)(=O)c1ccc(OCc2ccccc2)cc1)C(F)(F)c1ccc(Br)cc1.O=S(=O)(Cl)c1ccc(OCc2ccccc2)cc1.O=S(=O)(O)c1ccc(O)cc1.O=S(=O)([O-])c1ccc(OCc2ccccc2)cc1.[B][B].[Na+]. The van der Waals surface area contributed by atoms with Gasteiger partial charge in [-0.05, 0) is 231 Å². The second-order valence-corrected chi connectivity index (χ2v) is 43.1. The predicted octanol–water partition coefficient (Wildman–Crippen LogP) is 16.0. The minimum Gasteiger partial charge on any atom is -0.744 e. The molecule has 720 valence electrons. The Balaban J connectivity index is 0.000000200. The molecule has 4 saturated heterocycles. The Labute approximate surface area is 856 Å². The fourth-order valence-corrected chi connectivity index (χ4v) is 20.3. The Morgan fingerprint density at radius 1 is 0.428 bits per heavy atom. The molecule has 0 aromatic heterocycles. The first-order chi connectivity index (χ1) is 65.1. The first-order valence-corrected chi connectivity index (χ1v) is 53.4. The van der Waals surface area contributed by atoms with Crippen molar-refractivity contribution in [1.82, 2.24) is 19.2 Å². The molecule has 138 heavy (non-hydrogen) atoms. The molecule has 6 unspecified atom stereocenters. The zero-order valence-electron chi connectivity index (χ0n) is 74.4. The molecule has 6 atom stereocenters. The second-order valence-electron chi connectivity index (χ2n) is 31.9. The number of hydrogen-bond acceptors (Lipinski definition) is 19. The van der Waals surface area contributed by atoms with Crippen molar-refractivity contribution >= 4 is 135 Å². The van der Waals surface area contributed by atoms with Crippen molar-refractivity contribution in [1.29, 1.82) is 0 Å². The number of carbonyl (C=O) groups excluding carboxylic acids is 2. The zero-order valence-corrected chi connectivity index (χ0v) is 86.0. The van der Waals surface area contributed by atoms with Crippen molar-refractivity contribution in [2.75, 3.05) is 0 Å². The van der Waals surface area contributed by atoms with Crippen molar-refractivity contribution in [3.8, 4) is 28.7 Å². The number of ether oxygens (including phenoxy) is 4. The van der Waals surface area contributed by atoms with E-state index < -0.39 is 96.2 Å². The number of phenolic OH excluding ortho intramolecular Hbond substituents is 1. The smallest absolute Gasteiger partial charge is 0.744 e. The van der Waals surface area contributed by atoms with Crippen LogP contribution in [0.1, 0.15) is 97.2 Å². The summed E-state index contributed by atoms with van der Waals surface area (Å²) in [5, 5.41) is 9.70. The molecular weight excluding hydrogens is 2110 g/mol. The largest absolute Gasteiger partial charge is 1.00 e. The van der Waals surface area contributed by atoms with Crippen LogP contribution in [0.5, 0.6) is 28.7 Å². The Morgan fingerprint density at radius 3 is 0.949 bits per heavy atom. The van der Waals surface area contributed by atoms with E-state index in [1.165, 1.54) is 161 Å². The third-order valence-electron chi connectivity index (χ3n) is 22.1. The molecule has 4 heterocycles. The van der Waals surface area contributed by atoms with Crippen LogP contribution in [-0.4, -0.2) is 136 Å². The Morgan fingerprint density at radius 2 is 0.688 bits per heavy atom. The zero-order chi connectivity index (χ0) is 99.3. The van der Waals surface area contributed by atoms with Gasteiger partial charge in [-0.2, -0.15) is 35.4 Å². The number of nitrogens with one attached hydrogen (secondary N) is 2. The van der Waals surface area contributed by atoms with E-state index in [9.17, 15) is 56.2 Å². The molecule has 0 aliphatic carbocycles. The topological polar surface area (TPSA) is 362 Å². The number of sulfonamides is 2. The molecule has 6 N–H and O–H groups in total. The number of rotatable bonds is 28. The van der Waals surface area contributed by atoms with E-state index in [0.717, 1.165) is 65.4 Å². The minimum absolute atomic E-state index is 0. The van der Waals surface area contributed by atoms with E-state index in [1.54, 1.807) is 12.1 Å². The summed E-state index contributed by atoms with van der Waals surface area (Å²) < 4.78 is 229. The van der Waals surface area contributed by atoms with E-state index in [0.29, 0.717) is 76.8 Å². The van der Waals surface area contributed by atoms with Gasteiger partial charge in [-0.15, -0.1) is 0 Å². The molecule has 12 aromatic rings.